The standard InChI is InChI=1S/C24H20F3N3O2S/c1-15-3-2-4-16(11-15)7-9-29-23-30-22(31)21(33-23)13-17-5-6-19-18(12-17)20(8-10-28-19)32-14-24(25,26)27/h2-6,8,10-13H,7,9,14H2,1H3,(H,29,30,31)/b21-13-. The Morgan fingerprint density at radius 2 is 2.03 bits per heavy atom. The molecule has 33 heavy (non-hydrogen) atoms. The SMILES string of the molecule is Cc1cccc(CCN=C2NC(=O)/C(=C/c3ccc4nccc(OCC(F)(F)F)c4c3)S2)c1. The first-order valence-electron chi connectivity index (χ1n) is 10.2. The van der Waals surface area contributed by atoms with Gasteiger partial charge in [-0.2, -0.15) is 13.2 Å². The highest BCUT2D eigenvalue weighted by molar-refractivity contribution is 8.18. The van der Waals surface area contributed by atoms with Crippen LogP contribution in [-0.2, 0) is 11.2 Å². The molecule has 2 heterocycles. The van der Waals surface area contributed by atoms with E-state index >= 15 is 0 Å². The zero-order valence-corrected chi connectivity index (χ0v) is 18.5. The molecule has 1 aliphatic heterocycles. The number of aliphatic imine (C=N–C) groups is 1. The van der Waals surface area contributed by atoms with Crippen molar-refractivity contribution in [3.63, 3.8) is 0 Å². The Labute approximate surface area is 192 Å². The van der Waals surface area contributed by atoms with Gasteiger partial charge in [-0.25, -0.2) is 0 Å². The number of aromatic nitrogens is 1. The van der Waals surface area contributed by atoms with Crippen molar-refractivity contribution in [1.82, 2.24) is 10.3 Å². The molecule has 5 nitrogen and oxygen atoms in total. The molecule has 9 heteroatoms. The molecule has 1 aromatic heterocycles. The lowest BCUT2D eigenvalue weighted by molar-refractivity contribution is -0.153. The maximum absolute atomic E-state index is 12.6. The minimum absolute atomic E-state index is 0.0829. The molecule has 0 saturated carbocycles. The van der Waals surface area contributed by atoms with Gasteiger partial charge in [-0.3, -0.25) is 14.8 Å². The van der Waals surface area contributed by atoms with Gasteiger partial charge < -0.3 is 10.1 Å². The van der Waals surface area contributed by atoms with Crippen LogP contribution in [0.4, 0.5) is 13.2 Å². The summed E-state index contributed by atoms with van der Waals surface area (Å²) in [6, 6.07) is 14.7. The van der Waals surface area contributed by atoms with E-state index in [0.29, 0.717) is 33.1 Å². The second-order valence-corrected chi connectivity index (χ2v) is 8.51. The summed E-state index contributed by atoms with van der Waals surface area (Å²) in [6.45, 7) is 1.19. The van der Waals surface area contributed by atoms with Gasteiger partial charge in [0.2, 0.25) is 0 Å². The Morgan fingerprint density at radius 3 is 2.82 bits per heavy atom. The number of thioether (sulfide) groups is 1. The maximum atomic E-state index is 12.6. The zero-order chi connectivity index (χ0) is 23.4. The molecule has 4 rings (SSSR count). The van der Waals surface area contributed by atoms with Crippen molar-refractivity contribution in [3.8, 4) is 5.75 Å². The van der Waals surface area contributed by atoms with Gasteiger partial charge >= 0.3 is 6.18 Å². The molecule has 0 bridgehead atoms. The Morgan fingerprint density at radius 1 is 1.18 bits per heavy atom. The summed E-state index contributed by atoms with van der Waals surface area (Å²) in [5, 5.41) is 3.71. The molecular formula is C24H20F3N3O2S. The average molecular weight is 472 g/mol. The molecule has 1 N–H and O–H groups in total. The molecule has 170 valence electrons. The number of nitrogens with zero attached hydrogens (tertiary/aromatic N) is 2. The van der Waals surface area contributed by atoms with Crippen LogP contribution in [0.5, 0.6) is 5.75 Å². The minimum Gasteiger partial charge on any atom is -0.483 e. The molecule has 0 aliphatic carbocycles. The summed E-state index contributed by atoms with van der Waals surface area (Å²) in [5.74, 6) is -0.186. The predicted molar refractivity (Wildman–Crippen MR) is 124 cm³/mol. The van der Waals surface area contributed by atoms with E-state index < -0.39 is 12.8 Å². The van der Waals surface area contributed by atoms with Crippen molar-refractivity contribution < 1.29 is 22.7 Å². The predicted octanol–water partition coefficient (Wildman–Crippen LogP) is 5.29. The number of hydrogen-bond acceptors (Lipinski definition) is 5. The minimum atomic E-state index is -4.44. The molecule has 0 unspecified atom stereocenters. The number of halogens is 3. The van der Waals surface area contributed by atoms with Crippen molar-refractivity contribution >= 4 is 39.8 Å². The number of rotatable bonds is 6. The van der Waals surface area contributed by atoms with E-state index in [1.807, 2.05) is 25.1 Å². The summed E-state index contributed by atoms with van der Waals surface area (Å²) >= 11 is 1.23. The number of amidine groups is 1. The van der Waals surface area contributed by atoms with Crippen LogP contribution in [0.25, 0.3) is 17.0 Å². The number of fused-ring (bicyclic) bond motifs is 1. The van der Waals surface area contributed by atoms with Crippen molar-refractivity contribution in [1.29, 1.82) is 0 Å². The van der Waals surface area contributed by atoms with Crippen LogP contribution in [-0.4, -0.2) is 35.4 Å². The number of pyridine rings is 1. The quantitative estimate of drug-likeness (QED) is 0.497. The Bertz CT molecular complexity index is 1260. The van der Waals surface area contributed by atoms with Crippen molar-refractivity contribution in [2.45, 2.75) is 19.5 Å². The van der Waals surface area contributed by atoms with Crippen LogP contribution in [0.3, 0.4) is 0 Å². The number of carbonyl (C=O) groups excluding carboxylic acids is 1. The molecular weight excluding hydrogens is 451 g/mol. The fourth-order valence-corrected chi connectivity index (χ4v) is 4.17. The van der Waals surface area contributed by atoms with Gasteiger partial charge in [-0.05, 0) is 60.5 Å². The van der Waals surface area contributed by atoms with E-state index in [1.165, 1.54) is 35.2 Å². The van der Waals surface area contributed by atoms with Gasteiger partial charge in [0.05, 0.1) is 10.4 Å². The van der Waals surface area contributed by atoms with Crippen LogP contribution in [0.2, 0.25) is 0 Å². The third kappa shape index (κ3) is 6.13. The number of hydrogen-bond donors (Lipinski definition) is 1. The van der Waals surface area contributed by atoms with Gasteiger partial charge in [-0.15, -0.1) is 0 Å². The van der Waals surface area contributed by atoms with E-state index in [-0.39, 0.29) is 11.7 Å². The van der Waals surface area contributed by atoms with E-state index in [0.717, 1.165) is 6.42 Å². The van der Waals surface area contributed by atoms with Crippen LogP contribution in [0, 0.1) is 6.92 Å². The molecule has 1 fully saturated rings. The number of ether oxygens (including phenoxy) is 1. The Kier molecular flexibility index (Phi) is 6.69. The summed E-state index contributed by atoms with van der Waals surface area (Å²) < 4.78 is 42.6. The lowest BCUT2D eigenvalue weighted by atomic mass is 10.1. The molecule has 0 radical (unpaired) electrons. The summed E-state index contributed by atoms with van der Waals surface area (Å²) in [5.41, 5.74) is 3.51. The first-order chi connectivity index (χ1) is 15.8. The Hall–Kier alpha value is -3.33. The number of amides is 1. The van der Waals surface area contributed by atoms with Crippen LogP contribution < -0.4 is 10.1 Å². The van der Waals surface area contributed by atoms with Crippen molar-refractivity contribution in [2.24, 2.45) is 4.99 Å². The van der Waals surface area contributed by atoms with E-state index in [2.05, 4.69) is 21.4 Å². The lowest BCUT2D eigenvalue weighted by Gasteiger charge is -2.11. The third-order valence-electron chi connectivity index (χ3n) is 4.80. The normalized spacial score (nSPS) is 16.5. The highest BCUT2D eigenvalue weighted by atomic mass is 32.2. The number of carbonyl (C=O) groups is 1. The van der Waals surface area contributed by atoms with Gasteiger partial charge in [0.1, 0.15) is 5.75 Å². The first-order valence-corrected chi connectivity index (χ1v) is 11.0. The molecule has 1 saturated heterocycles. The lowest BCUT2D eigenvalue weighted by Crippen LogP contribution is -2.20. The van der Waals surface area contributed by atoms with E-state index in [4.69, 9.17) is 4.74 Å². The van der Waals surface area contributed by atoms with Gasteiger partial charge in [0, 0.05) is 18.1 Å². The van der Waals surface area contributed by atoms with Gasteiger partial charge in [0.25, 0.3) is 5.91 Å². The molecule has 2 aromatic carbocycles. The fraction of sp³-hybridized carbons (Fsp3) is 0.208. The largest absolute Gasteiger partial charge is 0.483 e. The summed E-state index contributed by atoms with van der Waals surface area (Å²) in [6.07, 6.45) is -0.614. The average Bonchev–Trinajstić information content (AvgIpc) is 3.10. The number of benzene rings is 2. The van der Waals surface area contributed by atoms with Crippen LogP contribution >= 0.6 is 11.8 Å². The molecule has 1 aliphatic rings. The summed E-state index contributed by atoms with van der Waals surface area (Å²) in [7, 11) is 0. The third-order valence-corrected chi connectivity index (χ3v) is 5.75. The van der Waals surface area contributed by atoms with Crippen LogP contribution in [0.15, 0.2) is 64.6 Å². The second kappa shape index (κ2) is 9.66. The summed E-state index contributed by atoms with van der Waals surface area (Å²) in [4.78, 5) is 21.5. The van der Waals surface area contributed by atoms with Gasteiger partial charge in [-0.1, -0.05) is 35.9 Å². The fourth-order valence-electron chi connectivity index (χ4n) is 3.32. The molecule has 0 spiro atoms. The second-order valence-electron chi connectivity index (χ2n) is 7.48. The highest BCUT2D eigenvalue weighted by Crippen LogP contribution is 2.30. The van der Waals surface area contributed by atoms with Crippen LogP contribution in [0.1, 0.15) is 16.7 Å². The smallest absolute Gasteiger partial charge is 0.422 e. The molecule has 0 atom stereocenters. The molecule has 3 aromatic rings. The Balaban J connectivity index is 1.48. The van der Waals surface area contributed by atoms with E-state index in [1.54, 1.807) is 24.3 Å². The van der Waals surface area contributed by atoms with Gasteiger partial charge in [0.15, 0.2) is 11.8 Å². The monoisotopic (exact) mass is 471 g/mol. The van der Waals surface area contributed by atoms with E-state index in [9.17, 15) is 18.0 Å². The van der Waals surface area contributed by atoms with Crippen molar-refractivity contribution in [3.05, 3.63) is 76.3 Å². The maximum Gasteiger partial charge on any atom is 0.422 e. The number of nitrogens with one attached hydrogen (secondary N) is 1. The molecule has 1 amide bonds. The topological polar surface area (TPSA) is 63.6 Å². The number of alkyl halides is 3. The number of aryl methyl sites for hydroxylation is 1. The first kappa shape index (κ1) is 22.8. The van der Waals surface area contributed by atoms with Crippen molar-refractivity contribution in [2.75, 3.05) is 13.2 Å². The highest BCUT2D eigenvalue weighted by Gasteiger charge is 2.29. The zero-order valence-electron chi connectivity index (χ0n) is 17.6.